The van der Waals surface area contributed by atoms with Gasteiger partial charge < -0.3 is 15.1 Å². The lowest BCUT2D eigenvalue weighted by Gasteiger charge is -2.35. The van der Waals surface area contributed by atoms with Crippen LogP contribution in [0, 0.1) is 12.7 Å². The van der Waals surface area contributed by atoms with E-state index in [1.54, 1.807) is 33.8 Å². The van der Waals surface area contributed by atoms with Crippen LogP contribution < -0.4 is 10.2 Å². The maximum absolute atomic E-state index is 13.7. The van der Waals surface area contributed by atoms with Crippen molar-refractivity contribution >= 4 is 23.1 Å². The maximum Gasteiger partial charge on any atom is 0.322 e. The van der Waals surface area contributed by atoms with Crippen LogP contribution in [-0.2, 0) is 0 Å². The predicted molar refractivity (Wildman–Crippen MR) is 94.7 cm³/mol. The first-order chi connectivity index (χ1) is 12.6. The second-order valence-electron chi connectivity index (χ2n) is 6.12. The monoisotopic (exact) mass is 355 g/mol. The number of urea groups is 1. The number of nitrogens with one attached hydrogen (secondary N) is 1. The Morgan fingerprint density at radius 1 is 1.15 bits per heavy atom. The molecule has 0 aliphatic carbocycles. The van der Waals surface area contributed by atoms with Crippen molar-refractivity contribution in [2.45, 2.75) is 6.92 Å². The van der Waals surface area contributed by atoms with E-state index in [1.165, 1.54) is 6.07 Å². The molecule has 3 aromatic rings. The Bertz CT molecular complexity index is 949. The number of carbonyl (C=O) groups is 1. The van der Waals surface area contributed by atoms with Gasteiger partial charge in [-0.05, 0) is 19.1 Å². The molecule has 0 radical (unpaired) electrons. The van der Waals surface area contributed by atoms with Crippen molar-refractivity contribution in [3.8, 4) is 0 Å². The lowest BCUT2D eigenvalue weighted by Crippen LogP contribution is -2.50. The molecule has 1 fully saturated rings. The third kappa shape index (κ3) is 3.03. The fraction of sp³-hybridized carbons (Fsp3) is 0.294. The zero-order chi connectivity index (χ0) is 18.1. The Kier molecular flexibility index (Phi) is 4.11. The molecule has 1 aromatic carbocycles. The van der Waals surface area contributed by atoms with Crippen molar-refractivity contribution in [1.29, 1.82) is 0 Å². The van der Waals surface area contributed by atoms with Crippen molar-refractivity contribution in [1.82, 2.24) is 24.7 Å². The minimum Gasteiger partial charge on any atom is -0.367 e. The van der Waals surface area contributed by atoms with Crippen molar-refractivity contribution in [3.05, 3.63) is 48.2 Å². The molecular weight excluding hydrogens is 337 g/mol. The van der Waals surface area contributed by atoms with E-state index in [4.69, 9.17) is 0 Å². The summed E-state index contributed by atoms with van der Waals surface area (Å²) in [4.78, 5) is 16.2. The van der Waals surface area contributed by atoms with Gasteiger partial charge in [0.1, 0.15) is 5.82 Å². The third-order valence-electron chi connectivity index (χ3n) is 4.45. The Morgan fingerprint density at radius 3 is 2.69 bits per heavy atom. The Hall–Kier alpha value is -3.23. The van der Waals surface area contributed by atoms with Gasteiger partial charge in [0.15, 0.2) is 11.5 Å². The van der Waals surface area contributed by atoms with E-state index in [0.29, 0.717) is 31.8 Å². The van der Waals surface area contributed by atoms with Crippen LogP contribution in [-0.4, -0.2) is 56.9 Å². The first-order valence-electron chi connectivity index (χ1n) is 8.35. The fourth-order valence-corrected chi connectivity index (χ4v) is 2.99. The number of para-hydroxylation sites is 1. The van der Waals surface area contributed by atoms with E-state index in [-0.39, 0.29) is 11.7 Å². The highest BCUT2D eigenvalue weighted by atomic mass is 19.1. The summed E-state index contributed by atoms with van der Waals surface area (Å²) in [5, 5.41) is 15.1. The van der Waals surface area contributed by atoms with Crippen molar-refractivity contribution in [2.24, 2.45) is 0 Å². The molecule has 134 valence electrons. The zero-order valence-electron chi connectivity index (χ0n) is 14.3. The summed E-state index contributed by atoms with van der Waals surface area (Å²) in [5.41, 5.74) is 1.83. The molecule has 26 heavy (non-hydrogen) atoms. The number of piperazine rings is 1. The molecule has 0 atom stereocenters. The van der Waals surface area contributed by atoms with Gasteiger partial charge in [0, 0.05) is 32.2 Å². The fourth-order valence-electron chi connectivity index (χ4n) is 2.99. The number of fused-ring (bicyclic) bond motifs is 1. The molecule has 0 spiro atoms. The highest BCUT2D eigenvalue weighted by Gasteiger charge is 2.22. The number of halogens is 1. The molecule has 9 heteroatoms. The van der Waals surface area contributed by atoms with Crippen molar-refractivity contribution in [3.63, 3.8) is 0 Å². The van der Waals surface area contributed by atoms with Crippen LogP contribution in [0.15, 0.2) is 36.5 Å². The molecule has 1 saturated heterocycles. The van der Waals surface area contributed by atoms with Gasteiger partial charge >= 0.3 is 6.03 Å². The number of hydrogen-bond acceptors (Lipinski definition) is 5. The summed E-state index contributed by atoms with van der Waals surface area (Å²) in [6, 6.07) is 7.78. The molecule has 1 N–H and O–H groups in total. The molecule has 0 bridgehead atoms. The van der Waals surface area contributed by atoms with Gasteiger partial charge in [0.2, 0.25) is 0 Å². The molecule has 1 aliphatic heterocycles. The highest BCUT2D eigenvalue weighted by Crippen LogP contribution is 2.18. The van der Waals surface area contributed by atoms with Crippen LogP contribution >= 0.6 is 0 Å². The Balaban J connectivity index is 1.40. The Morgan fingerprint density at radius 2 is 1.92 bits per heavy atom. The van der Waals surface area contributed by atoms with E-state index >= 15 is 0 Å². The Labute approximate surface area is 149 Å². The molecule has 3 heterocycles. The number of aromatic nitrogens is 4. The quantitative estimate of drug-likeness (QED) is 0.760. The summed E-state index contributed by atoms with van der Waals surface area (Å²) in [6.07, 6.45) is 1.78. The number of aryl methyl sites for hydroxylation is 1. The van der Waals surface area contributed by atoms with Crippen molar-refractivity contribution < 1.29 is 9.18 Å². The van der Waals surface area contributed by atoms with Gasteiger partial charge in [-0.25, -0.2) is 9.18 Å². The molecule has 2 aromatic heterocycles. The number of benzene rings is 1. The van der Waals surface area contributed by atoms with Crippen LogP contribution in [0.2, 0.25) is 0 Å². The molecule has 8 nitrogen and oxygen atoms in total. The average Bonchev–Trinajstić information content (AvgIpc) is 3.04. The molecule has 1 aliphatic rings. The smallest absolute Gasteiger partial charge is 0.322 e. The minimum atomic E-state index is -0.442. The van der Waals surface area contributed by atoms with E-state index in [0.717, 1.165) is 11.5 Å². The largest absolute Gasteiger partial charge is 0.367 e. The normalized spacial score (nSPS) is 14.7. The first-order valence-corrected chi connectivity index (χ1v) is 8.35. The molecule has 0 unspecified atom stereocenters. The standard InChI is InChI=1S/C17H18FN7O/c1-12-21-22-16-10-13(11-19-25(12)16)23-6-8-24(9-7-23)17(26)20-15-5-3-2-4-14(15)18/h2-5,10-11H,6-9H2,1H3,(H,20,26). The second kappa shape index (κ2) is 6.58. The zero-order valence-corrected chi connectivity index (χ0v) is 14.3. The van der Waals surface area contributed by atoms with Crippen LogP contribution in [0.3, 0.4) is 0 Å². The topological polar surface area (TPSA) is 78.7 Å². The van der Waals surface area contributed by atoms with Gasteiger partial charge in [0.05, 0.1) is 17.6 Å². The molecule has 0 saturated carbocycles. The summed E-state index contributed by atoms with van der Waals surface area (Å²) in [6.45, 7) is 4.25. The third-order valence-corrected chi connectivity index (χ3v) is 4.45. The van der Waals surface area contributed by atoms with Crippen LogP contribution in [0.5, 0.6) is 0 Å². The van der Waals surface area contributed by atoms with Crippen LogP contribution in [0.4, 0.5) is 20.6 Å². The van der Waals surface area contributed by atoms with E-state index in [2.05, 4.69) is 25.5 Å². The van der Waals surface area contributed by atoms with E-state index < -0.39 is 5.82 Å². The number of nitrogens with zero attached hydrogens (tertiary/aromatic N) is 6. The second-order valence-corrected chi connectivity index (χ2v) is 6.12. The van der Waals surface area contributed by atoms with Gasteiger partial charge in [-0.3, -0.25) is 0 Å². The van der Waals surface area contributed by atoms with Gasteiger partial charge in [-0.2, -0.15) is 9.61 Å². The van der Waals surface area contributed by atoms with E-state index in [1.807, 2.05) is 13.0 Å². The number of amides is 2. The van der Waals surface area contributed by atoms with Gasteiger partial charge in [0.25, 0.3) is 0 Å². The van der Waals surface area contributed by atoms with E-state index in [9.17, 15) is 9.18 Å². The minimum absolute atomic E-state index is 0.191. The predicted octanol–water partition coefficient (Wildman–Crippen LogP) is 1.93. The number of anilines is 2. The first kappa shape index (κ1) is 16.2. The summed E-state index contributed by atoms with van der Waals surface area (Å²) < 4.78 is 15.4. The summed E-state index contributed by atoms with van der Waals surface area (Å²) in [5.74, 6) is 0.295. The lowest BCUT2D eigenvalue weighted by molar-refractivity contribution is 0.208. The van der Waals surface area contributed by atoms with Gasteiger partial charge in [-0.1, -0.05) is 12.1 Å². The van der Waals surface area contributed by atoms with Crippen molar-refractivity contribution in [2.75, 3.05) is 36.4 Å². The number of rotatable bonds is 2. The van der Waals surface area contributed by atoms with Crippen LogP contribution in [0.25, 0.3) is 5.65 Å². The summed E-state index contributed by atoms with van der Waals surface area (Å²) in [7, 11) is 0. The maximum atomic E-state index is 13.7. The summed E-state index contributed by atoms with van der Waals surface area (Å²) >= 11 is 0. The number of hydrogen-bond donors (Lipinski definition) is 1. The average molecular weight is 355 g/mol. The lowest BCUT2D eigenvalue weighted by atomic mass is 10.3. The highest BCUT2D eigenvalue weighted by molar-refractivity contribution is 5.89. The van der Waals surface area contributed by atoms with Gasteiger partial charge in [-0.15, -0.1) is 10.2 Å². The number of carbonyl (C=O) groups excluding carboxylic acids is 1. The van der Waals surface area contributed by atoms with Crippen LogP contribution in [0.1, 0.15) is 5.82 Å². The molecular formula is C17H18FN7O. The molecule has 4 rings (SSSR count). The SMILES string of the molecule is Cc1nnc2cc(N3CCN(C(=O)Nc4ccccc4F)CC3)cnn12. The molecule has 2 amide bonds.